The Labute approximate surface area is 370 Å². The quantitative estimate of drug-likeness (QED) is 0.197. The van der Waals surface area contributed by atoms with Gasteiger partial charge in [0.1, 0.15) is 6.04 Å². The van der Waals surface area contributed by atoms with E-state index in [2.05, 4.69) is 61.8 Å². The minimum absolute atomic E-state index is 0.0101. The SMILES string of the molecule is CN1C(=O)N(C2CCC(=O)NC2=O)C2(C)CC=C(C3CCN(CCC4CCN(C(=O)[C@H]5CCC[C@@H](Nc6ncc(Cl)c(-c7cccc(-c8ccccc8)c7)n6)C5)CC4)CC3)C=C12. The molecule has 4 atom stereocenters. The van der Waals surface area contributed by atoms with E-state index in [1.807, 2.05) is 37.3 Å². The van der Waals surface area contributed by atoms with E-state index in [4.69, 9.17) is 16.6 Å². The van der Waals surface area contributed by atoms with Gasteiger partial charge in [-0.1, -0.05) is 72.6 Å². The number of carbonyl (C=O) groups excluding carboxylic acids is 4. The van der Waals surface area contributed by atoms with Gasteiger partial charge >= 0.3 is 6.03 Å². The van der Waals surface area contributed by atoms with Crippen molar-refractivity contribution in [2.75, 3.05) is 45.1 Å². The predicted molar refractivity (Wildman–Crippen MR) is 241 cm³/mol. The summed E-state index contributed by atoms with van der Waals surface area (Å²) >= 11 is 6.64. The van der Waals surface area contributed by atoms with Gasteiger partial charge < -0.3 is 20.0 Å². The molecule has 0 spiro atoms. The first-order valence-corrected chi connectivity index (χ1v) is 23.2. The zero-order valence-corrected chi connectivity index (χ0v) is 36.8. The number of halogens is 1. The number of urea groups is 1. The Morgan fingerprint density at radius 3 is 2.45 bits per heavy atom. The van der Waals surface area contributed by atoms with Crippen LogP contribution >= 0.6 is 11.6 Å². The Morgan fingerprint density at radius 1 is 0.919 bits per heavy atom. The number of nitrogens with zero attached hydrogens (tertiary/aromatic N) is 6. The van der Waals surface area contributed by atoms with Crippen molar-refractivity contribution in [3.8, 4) is 22.4 Å². The van der Waals surface area contributed by atoms with E-state index in [1.54, 1.807) is 23.0 Å². The number of carbonyl (C=O) groups is 4. The number of imide groups is 1. The van der Waals surface area contributed by atoms with Crippen LogP contribution in [-0.2, 0) is 14.4 Å². The average Bonchev–Trinajstić information content (AvgIpc) is 3.49. The van der Waals surface area contributed by atoms with E-state index >= 15 is 0 Å². The van der Waals surface area contributed by atoms with Crippen LogP contribution in [0, 0.1) is 17.8 Å². The Hall–Kier alpha value is -5.07. The molecule has 3 aromatic rings. The topological polar surface area (TPSA) is 131 Å². The number of aromatic nitrogens is 2. The molecule has 0 radical (unpaired) electrons. The standard InChI is InChI=1S/C49H59ClN8O4/c1-49-22-16-36(30-42(49)55(2)48(62)58(49)41-14-15-43(59)53-45(41)60)34-20-24-56(25-21-34)23-17-32-18-26-57(27-19-32)46(61)38-12-7-13-39(29-38)52-47-51-31-40(50)44(54-47)37-11-6-10-35(28-37)33-8-4-3-5-9-33/h3-6,8-11,16,28,30-32,34,38-39,41H,7,12-15,17-27,29H2,1-2H3,(H,51,52,54)(H,53,59,60)/t38-,39+,41?,49?/m0/s1. The maximum Gasteiger partial charge on any atom is 0.325 e. The van der Waals surface area contributed by atoms with Crippen LogP contribution in [0.2, 0.25) is 5.02 Å². The highest BCUT2D eigenvalue weighted by Crippen LogP contribution is 2.46. The maximum absolute atomic E-state index is 13.9. The van der Waals surface area contributed by atoms with E-state index < -0.39 is 11.6 Å². The highest BCUT2D eigenvalue weighted by molar-refractivity contribution is 6.33. The third-order valence-electron chi connectivity index (χ3n) is 14.7. The smallest absolute Gasteiger partial charge is 0.325 e. The second-order valence-corrected chi connectivity index (χ2v) is 19.0. The second-order valence-electron chi connectivity index (χ2n) is 18.6. The molecule has 4 saturated heterocycles. The zero-order valence-electron chi connectivity index (χ0n) is 36.0. The molecule has 2 aromatic carbocycles. The van der Waals surface area contributed by atoms with Gasteiger partial charge in [-0.25, -0.2) is 14.8 Å². The number of hydrogen-bond acceptors (Lipinski definition) is 8. The van der Waals surface area contributed by atoms with Gasteiger partial charge in [0.25, 0.3) is 0 Å². The molecule has 6 aliphatic rings. The monoisotopic (exact) mass is 858 g/mol. The van der Waals surface area contributed by atoms with Gasteiger partial charge in [0.15, 0.2) is 0 Å². The van der Waals surface area contributed by atoms with Gasteiger partial charge in [0.05, 0.1) is 22.5 Å². The summed E-state index contributed by atoms with van der Waals surface area (Å²) in [4.78, 5) is 69.5. The van der Waals surface area contributed by atoms with Crippen molar-refractivity contribution in [1.29, 1.82) is 0 Å². The number of anilines is 1. The summed E-state index contributed by atoms with van der Waals surface area (Å²) in [5.41, 5.74) is 5.50. The molecule has 5 amide bonds. The fourth-order valence-corrected chi connectivity index (χ4v) is 11.2. The molecule has 4 aliphatic heterocycles. The van der Waals surface area contributed by atoms with Gasteiger partial charge in [-0.3, -0.25) is 24.6 Å². The third-order valence-corrected chi connectivity index (χ3v) is 15.0. The number of rotatable bonds is 10. The van der Waals surface area contributed by atoms with Gasteiger partial charge in [0.2, 0.25) is 23.7 Å². The highest BCUT2D eigenvalue weighted by atomic mass is 35.5. The number of hydrogen-bond donors (Lipinski definition) is 2. The van der Waals surface area contributed by atoms with Crippen LogP contribution in [0.25, 0.3) is 22.4 Å². The lowest BCUT2D eigenvalue weighted by Crippen LogP contribution is -2.59. The van der Waals surface area contributed by atoms with Gasteiger partial charge in [-0.2, -0.15) is 0 Å². The van der Waals surface area contributed by atoms with Crippen molar-refractivity contribution in [2.24, 2.45) is 17.8 Å². The molecule has 0 bridgehead atoms. The summed E-state index contributed by atoms with van der Waals surface area (Å²) in [6.07, 6.45) is 16.5. The Kier molecular flexibility index (Phi) is 12.2. The molecule has 5 heterocycles. The lowest BCUT2D eigenvalue weighted by molar-refractivity contribution is -0.139. The first-order valence-electron chi connectivity index (χ1n) is 22.8. The third kappa shape index (κ3) is 8.65. The summed E-state index contributed by atoms with van der Waals surface area (Å²) in [7, 11) is 1.80. The number of amides is 5. The molecule has 13 heteroatoms. The maximum atomic E-state index is 13.9. The molecular formula is C49H59ClN8O4. The van der Waals surface area contributed by atoms with Gasteiger partial charge in [0, 0.05) is 49.8 Å². The van der Waals surface area contributed by atoms with Gasteiger partial charge in [-0.05, 0) is 131 Å². The van der Waals surface area contributed by atoms with Gasteiger partial charge in [-0.15, -0.1) is 0 Å². The van der Waals surface area contributed by atoms with Crippen LogP contribution < -0.4 is 10.6 Å². The summed E-state index contributed by atoms with van der Waals surface area (Å²) in [5.74, 6) is 1.28. The van der Waals surface area contributed by atoms with Crippen molar-refractivity contribution in [1.82, 2.24) is 34.9 Å². The minimum atomic E-state index is -0.639. The van der Waals surface area contributed by atoms with E-state index in [0.717, 1.165) is 113 Å². The molecule has 2 aliphatic carbocycles. The van der Waals surface area contributed by atoms with E-state index in [9.17, 15) is 19.2 Å². The summed E-state index contributed by atoms with van der Waals surface area (Å²) in [5, 5.41) is 6.50. The van der Waals surface area contributed by atoms with Crippen molar-refractivity contribution in [3.63, 3.8) is 0 Å². The lowest BCUT2D eigenvalue weighted by Gasteiger charge is -2.42. The van der Waals surface area contributed by atoms with E-state index in [-0.39, 0.29) is 36.2 Å². The molecule has 1 saturated carbocycles. The highest BCUT2D eigenvalue weighted by Gasteiger charge is 2.55. The first kappa shape index (κ1) is 42.2. The molecule has 2 N–H and O–H groups in total. The second kappa shape index (κ2) is 18.0. The predicted octanol–water partition coefficient (Wildman–Crippen LogP) is 7.92. The summed E-state index contributed by atoms with van der Waals surface area (Å²) in [6.45, 7) is 6.92. The Morgan fingerprint density at radius 2 is 1.68 bits per heavy atom. The molecule has 9 rings (SSSR count). The molecule has 5 fully saturated rings. The number of benzene rings is 2. The van der Waals surface area contributed by atoms with Crippen LogP contribution in [0.4, 0.5) is 10.7 Å². The van der Waals surface area contributed by atoms with Crippen LogP contribution in [0.3, 0.4) is 0 Å². The number of piperidine rings is 3. The Balaban J connectivity index is 0.719. The van der Waals surface area contributed by atoms with Crippen LogP contribution in [0.1, 0.15) is 84.0 Å². The fourth-order valence-electron chi connectivity index (χ4n) is 11.0. The molecule has 2 unspecified atom stereocenters. The average molecular weight is 860 g/mol. The molecule has 326 valence electrons. The van der Waals surface area contributed by atoms with E-state index in [1.165, 1.54) is 5.57 Å². The number of allylic oxidation sites excluding steroid dienone is 2. The lowest BCUT2D eigenvalue weighted by atomic mass is 9.79. The van der Waals surface area contributed by atoms with Crippen molar-refractivity contribution in [3.05, 3.63) is 89.2 Å². The number of fused-ring (bicyclic) bond motifs is 1. The number of likely N-dealkylation sites (tertiary alicyclic amines) is 2. The van der Waals surface area contributed by atoms with Crippen LogP contribution in [0.5, 0.6) is 0 Å². The number of nitrogens with one attached hydrogen (secondary N) is 2. The number of likely N-dealkylation sites (N-methyl/N-ethyl adjacent to an activating group) is 1. The minimum Gasteiger partial charge on any atom is -0.351 e. The normalized spacial score (nSPS) is 26.5. The largest absolute Gasteiger partial charge is 0.351 e. The fraction of sp³-hybridized carbons (Fsp3) is 0.510. The van der Waals surface area contributed by atoms with Crippen LogP contribution in [-0.4, -0.2) is 111 Å². The van der Waals surface area contributed by atoms with Crippen molar-refractivity contribution < 1.29 is 19.2 Å². The molecule has 62 heavy (non-hydrogen) atoms. The summed E-state index contributed by atoms with van der Waals surface area (Å²) in [6, 6.07) is 17.8. The zero-order chi connectivity index (χ0) is 43.0. The first-order chi connectivity index (χ1) is 30.0. The van der Waals surface area contributed by atoms with Crippen molar-refractivity contribution in [2.45, 2.75) is 102 Å². The molecule has 12 nitrogen and oxygen atoms in total. The Bertz CT molecular complexity index is 2250. The summed E-state index contributed by atoms with van der Waals surface area (Å²) < 4.78 is 0. The van der Waals surface area contributed by atoms with Crippen molar-refractivity contribution >= 4 is 41.3 Å². The van der Waals surface area contributed by atoms with E-state index in [0.29, 0.717) is 47.2 Å². The molecule has 1 aromatic heterocycles. The molecular weight excluding hydrogens is 800 g/mol. The van der Waals surface area contributed by atoms with Crippen LogP contribution in [0.15, 0.2) is 84.2 Å².